The van der Waals surface area contributed by atoms with E-state index in [2.05, 4.69) is 68.5 Å². The number of fused-ring (bicyclic) bond motifs is 1. The Kier molecular flexibility index (Phi) is 7.41. The van der Waals surface area contributed by atoms with Gasteiger partial charge in [-0.15, -0.1) is 0 Å². The van der Waals surface area contributed by atoms with Crippen molar-refractivity contribution in [1.29, 1.82) is 0 Å². The first-order chi connectivity index (χ1) is 10.7. The molecule has 3 rings (SSSR count). The Morgan fingerprint density at radius 2 is 1.68 bits per heavy atom. The minimum atomic E-state index is -0.826. The second-order valence-corrected chi connectivity index (χ2v) is 9.62. The van der Waals surface area contributed by atoms with Gasteiger partial charge in [0.05, 0.1) is 0 Å². The van der Waals surface area contributed by atoms with Gasteiger partial charge in [0.2, 0.25) is 0 Å². The maximum absolute atomic E-state index is 4.93. The van der Waals surface area contributed by atoms with Crippen LogP contribution in [0.25, 0.3) is 17.2 Å². The van der Waals surface area contributed by atoms with Crippen molar-refractivity contribution in [3.05, 3.63) is 65.2 Å². The molecule has 2 aromatic carbocycles. The average molecular weight is 410 g/mol. The van der Waals surface area contributed by atoms with E-state index < -0.39 is 20.8 Å². The van der Waals surface area contributed by atoms with Crippen LogP contribution < -0.4 is 0 Å². The van der Waals surface area contributed by atoms with Gasteiger partial charge in [-0.1, -0.05) is 74.0 Å². The molecule has 0 bridgehead atoms. The summed E-state index contributed by atoms with van der Waals surface area (Å²) in [6.07, 6.45) is 4.76. The number of hydrogen-bond acceptors (Lipinski definition) is 0. The summed E-state index contributed by atoms with van der Waals surface area (Å²) in [4.78, 5) is 0. The summed E-state index contributed by atoms with van der Waals surface area (Å²) in [5.41, 5.74) is 7.19. The van der Waals surface area contributed by atoms with Crippen LogP contribution in [-0.4, -0.2) is 0 Å². The molecule has 0 amide bonds. The summed E-state index contributed by atoms with van der Waals surface area (Å²) >= 11 is -0.826. The number of allylic oxidation sites excluding steroid dienone is 1. The Balaban J connectivity index is 0.000000545. The molecule has 0 nitrogen and oxygen atoms in total. The van der Waals surface area contributed by atoms with Crippen LogP contribution in [0.3, 0.4) is 0 Å². The van der Waals surface area contributed by atoms with Crippen molar-refractivity contribution >= 4 is 23.1 Å². The Morgan fingerprint density at radius 1 is 1.00 bits per heavy atom. The second kappa shape index (κ2) is 9.06. The van der Waals surface area contributed by atoms with Gasteiger partial charge in [-0.3, -0.25) is 0 Å². The first-order valence-corrected chi connectivity index (χ1v) is 13.8. The van der Waals surface area contributed by atoms with Gasteiger partial charge >= 0.3 is 37.9 Å². The molecular weight excluding hydrogens is 390 g/mol. The van der Waals surface area contributed by atoms with Gasteiger partial charge in [0.25, 0.3) is 0 Å². The third kappa shape index (κ3) is 4.82. The van der Waals surface area contributed by atoms with Crippen molar-refractivity contribution in [3.8, 4) is 11.1 Å². The molecule has 0 unspecified atom stereocenters. The molecule has 0 aliphatic heterocycles. The van der Waals surface area contributed by atoms with E-state index in [4.69, 9.17) is 17.0 Å². The zero-order chi connectivity index (χ0) is 15.9. The fraction of sp³-hybridized carbons (Fsp3) is 0.263. The number of rotatable bonds is 3. The molecule has 0 radical (unpaired) electrons. The molecule has 22 heavy (non-hydrogen) atoms. The van der Waals surface area contributed by atoms with Crippen LogP contribution in [0, 0.1) is 5.92 Å². The van der Waals surface area contributed by atoms with E-state index in [9.17, 15) is 0 Å². The third-order valence-corrected chi connectivity index (χ3v) is 3.72. The van der Waals surface area contributed by atoms with Crippen molar-refractivity contribution in [2.45, 2.75) is 26.7 Å². The van der Waals surface area contributed by atoms with Crippen LogP contribution in [0.5, 0.6) is 0 Å². The molecule has 0 saturated carbocycles. The quantitative estimate of drug-likeness (QED) is 0.527. The van der Waals surface area contributed by atoms with E-state index in [1.54, 1.807) is 5.57 Å². The van der Waals surface area contributed by atoms with E-state index in [0.717, 1.165) is 12.3 Å². The van der Waals surface area contributed by atoms with E-state index in [1.165, 1.54) is 28.7 Å². The van der Waals surface area contributed by atoms with Crippen molar-refractivity contribution in [2.75, 3.05) is 0 Å². The van der Waals surface area contributed by atoms with Gasteiger partial charge in [-0.2, -0.15) is 0 Å². The standard InChI is InChI=1S/C19H20.2ClH.Zr/c1-14(2)11-15-12-17-9-6-10-18(19(17)13-15)16-7-4-3-5-8-16;;;/h3-10,13-14H,11-12H2,1-2H3;2*1H;/q;;;+2/p-2. The zero-order valence-corrected chi connectivity index (χ0v) is 16.9. The predicted octanol–water partition coefficient (Wildman–Crippen LogP) is 6.72. The molecule has 0 aromatic heterocycles. The van der Waals surface area contributed by atoms with Crippen LogP contribution in [0.2, 0.25) is 0 Å². The summed E-state index contributed by atoms with van der Waals surface area (Å²) in [5, 5.41) is 0. The Morgan fingerprint density at radius 3 is 2.32 bits per heavy atom. The molecule has 2 aromatic rings. The summed E-state index contributed by atoms with van der Waals surface area (Å²) < 4.78 is 0. The summed E-state index contributed by atoms with van der Waals surface area (Å²) in [5.74, 6) is 0.737. The van der Waals surface area contributed by atoms with Crippen LogP contribution in [0.4, 0.5) is 0 Å². The normalized spacial score (nSPS) is 12.3. The summed E-state index contributed by atoms with van der Waals surface area (Å²) in [6, 6.07) is 17.4. The first kappa shape index (κ1) is 18.0. The molecular formula is C19H20Cl2Zr. The zero-order valence-electron chi connectivity index (χ0n) is 12.9. The fourth-order valence-corrected chi connectivity index (χ4v) is 2.96. The topological polar surface area (TPSA) is 0 Å². The third-order valence-electron chi connectivity index (χ3n) is 3.72. The molecule has 3 heteroatoms. The van der Waals surface area contributed by atoms with Crippen LogP contribution >= 0.6 is 17.0 Å². The minimum absolute atomic E-state index is 0.737. The van der Waals surface area contributed by atoms with Crippen molar-refractivity contribution < 1.29 is 20.8 Å². The Labute approximate surface area is 152 Å². The molecule has 0 fully saturated rings. The molecule has 0 atom stereocenters. The maximum atomic E-state index is 4.93. The molecule has 0 N–H and O–H groups in total. The van der Waals surface area contributed by atoms with E-state index >= 15 is 0 Å². The van der Waals surface area contributed by atoms with Crippen molar-refractivity contribution in [1.82, 2.24) is 0 Å². The number of hydrogen-bond donors (Lipinski definition) is 0. The molecule has 1 aliphatic rings. The number of benzene rings is 2. The van der Waals surface area contributed by atoms with Gasteiger partial charge in [0.15, 0.2) is 0 Å². The van der Waals surface area contributed by atoms with Gasteiger partial charge in [-0.25, -0.2) is 0 Å². The van der Waals surface area contributed by atoms with Gasteiger partial charge < -0.3 is 0 Å². The summed E-state index contributed by atoms with van der Waals surface area (Å²) in [7, 11) is 9.87. The van der Waals surface area contributed by atoms with Crippen molar-refractivity contribution in [3.63, 3.8) is 0 Å². The van der Waals surface area contributed by atoms with Crippen LogP contribution in [-0.2, 0) is 27.3 Å². The van der Waals surface area contributed by atoms with Crippen LogP contribution in [0.15, 0.2) is 54.1 Å². The molecule has 0 spiro atoms. The Bertz CT molecular complexity index is 633. The van der Waals surface area contributed by atoms with E-state index in [-0.39, 0.29) is 0 Å². The molecule has 0 saturated heterocycles. The fourth-order valence-electron chi connectivity index (χ4n) is 2.96. The molecule has 114 valence electrons. The van der Waals surface area contributed by atoms with Gasteiger partial charge in [-0.05, 0) is 41.0 Å². The van der Waals surface area contributed by atoms with Crippen molar-refractivity contribution in [2.24, 2.45) is 5.92 Å². The molecule has 0 heterocycles. The number of halogens is 2. The van der Waals surface area contributed by atoms with E-state index in [1.807, 2.05) is 0 Å². The monoisotopic (exact) mass is 408 g/mol. The summed E-state index contributed by atoms with van der Waals surface area (Å²) in [6.45, 7) is 4.59. The van der Waals surface area contributed by atoms with Gasteiger partial charge in [0, 0.05) is 0 Å². The molecule has 1 aliphatic carbocycles. The Hall–Kier alpha value is -0.357. The van der Waals surface area contributed by atoms with Crippen LogP contribution in [0.1, 0.15) is 31.4 Å². The predicted molar refractivity (Wildman–Crippen MR) is 94.7 cm³/mol. The average Bonchev–Trinajstić information content (AvgIpc) is 2.90. The first-order valence-electron chi connectivity index (χ1n) is 7.48. The van der Waals surface area contributed by atoms with Gasteiger partial charge in [0.1, 0.15) is 0 Å². The van der Waals surface area contributed by atoms with E-state index in [0.29, 0.717) is 0 Å². The SMILES string of the molecule is CC(C)CC1=Cc2c(cccc2-c2ccccc2)C1.[Cl][Zr][Cl]. The second-order valence-electron chi connectivity index (χ2n) is 5.89.